The van der Waals surface area contributed by atoms with Crippen molar-refractivity contribution < 1.29 is 9.90 Å². The molecule has 0 aromatic carbocycles. The van der Waals surface area contributed by atoms with Crippen molar-refractivity contribution in [1.82, 2.24) is 10.2 Å². The van der Waals surface area contributed by atoms with Crippen molar-refractivity contribution in [2.75, 3.05) is 19.7 Å². The first-order valence-electron chi connectivity index (χ1n) is 8.83. The lowest BCUT2D eigenvalue weighted by atomic mass is 9.49. The van der Waals surface area contributed by atoms with E-state index in [1.165, 1.54) is 38.5 Å². The van der Waals surface area contributed by atoms with Crippen LogP contribution in [0.15, 0.2) is 0 Å². The van der Waals surface area contributed by atoms with Gasteiger partial charge in [-0.25, -0.2) is 4.79 Å². The van der Waals surface area contributed by atoms with Crippen molar-refractivity contribution in [2.45, 2.75) is 57.4 Å². The van der Waals surface area contributed by atoms with E-state index >= 15 is 0 Å². The summed E-state index contributed by atoms with van der Waals surface area (Å²) in [5, 5.41) is 12.4. The Labute approximate surface area is 127 Å². The third-order valence-corrected chi connectivity index (χ3v) is 6.37. The van der Waals surface area contributed by atoms with Crippen LogP contribution in [0.25, 0.3) is 0 Å². The van der Waals surface area contributed by atoms with Crippen molar-refractivity contribution >= 4 is 6.03 Å². The molecular weight excluding hydrogens is 264 g/mol. The number of aliphatic hydroxyl groups excluding tert-OH is 1. The number of hydrogen-bond acceptors (Lipinski definition) is 2. The number of hydrogen-bond donors (Lipinski definition) is 2. The summed E-state index contributed by atoms with van der Waals surface area (Å²) in [5.41, 5.74) is 0.402. The SMILES string of the molecule is O=C(NCC12CC3CC(CC(C3)C1)C2)N(CCO)C1CC1. The first kappa shape index (κ1) is 13.9. The molecule has 5 aliphatic carbocycles. The molecule has 5 rings (SSSR count). The fourth-order valence-corrected chi connectivity index (χ4v) is 5.82. The summed E-state index contributed by atoms with van der Waals surface area (Å²) >= 11 is 0. The van der Waals surface area contributed by atoms with Crippen LogP contribution < -0.4 is 5.32 Å². The van der Waals surface area contributed by atoms with Gasteiger partial charge in [-0.1, -0.05) is 0 Å². The van der Waals surface area contributed by atoms with Gasteiger partial charge in [-0.15, -0.1) is 0 Å². The zero-order valence-corrected chi connectivity index (χ0v) is 12.9. The highest BCUT2D eigenvalue weighted by molar-refractivity contribution is 5.75. The quantitative estimate of drug-likeness (QED) is 0.817. The maximum atomic E-state index is 12.4. The molecule has 0 unspecified atom stereocenters. The van der Waals surface area contributed by atoms with Crippen LogP contribution in [-0.4, -0.2) is 41.8 Å². The topological polar surface area (TPSA) is 52.6 Å². The van der Waals surface area contributed by atoms with Crippen molar-refractivity contribution in [1.29, 1.82) is 0 Å². The molecule has 5 fully saturated rings. The fraction of sp³-hybridized carbons (Fsp3) is 0.941. The monoisotopic (exact) mass is 292 g/mol. The lowest BCUT2D eigenvalue weighted by molar-refractivity contribution is -0.0503. The molecule has 4 nitrogen and oxygen atoms in total. The maximum Gasteiger partial charge on any atom is 0.317 e. The summed E-state index contributed by atoms with van der Waals surface area (Å²) in [6, 6.07) is 0.441. The zero-order valence-electron chi connectivity index (χ0n) is 12.9. The molecule has 4 heteroatoms. The van der Waals surface area contributed by atoms with Gasteiger partial charge in [0.15, 0.2) is 0 Å². The second-order valence-electron chi connectivity index (χ2n) is 8.22. The Morgan fingerprint density at radius 2 is 1.67 bits per heavy atom. The Morgan fingerprint density at radius 3 is 2.14 bits per heavy atom. The van der Waals surface area contributed by atoms with E-state index in [0.717, 1.165) is 37.1 Å². The number of urea groups is 1. The average molecular weight is 292 g/mol. The summed E-state index contributed by atoms with van der Waals surface area (Å²) < 4.78 is 0. The van der Waals surface area contributed by atoms with Crippen molar-refractivity contribution in [3.63, 3.8) is 0 Å². The molecule has 0 spiro atoms. The molecule has 2 N–H and O–H groups in total. The van der Waals surface area contributed by atoms with Crippen LogP contribution in [0.5, 0.6) is 0 Å². The second kappa shape index (κ2) is 5.15. The predicted octanol–water partition coefficient (Wildman–Crippen LogP) is 2.37. The number of nitrogens with zero attached hydrogens (tertiary/aromatic N) is 1. The number of aliphatic hydroxyl groups is 1. The van der Waals surface area contributed by atoms with Crippen LogP contribution in [0.2, 0.25) is 0 Å². The molecule has 0 atom stereocenters. The molecule has 0 aromatic rings. The van der Waals surface area contributed by atoms with Gasteiger partial charge in [-0.2, -0.15) is 0 Å². The molecule has 0 aromatic heterocycles. The normalized spacial score (nSPS) is 40.3. The molecule has 5 aliphatic rings. The van der Waals surface area contributed by atoms with Gasteiger partial charge in [-0.3, -0.25) is 0 Å². The van der Waals surface area contributed by atoms with Crippen molar-refractivity contribution in [2.24, 2.45) is 23.2 Å². The molecule has 0 heterocycles. The standard InChI is InChI=1S/C17H28N2O2/c20-4-3-19(15-1-2-15)16(21)18-11-17-8-12-5-13(9-17)7-14(6-12)10-17/h12-15,20H,1-11H2,(H,18,21). The second-order valence-corrected chi connectivity index (χ2v) is 8.22. The first-order valence-corrected chi connectivity index (χ1v) is 8.83. The molecule has 0 radical (unpaired) electrons. The van der Waals surface area contributed by atoms with Gasteiger partial charge >= 0.3 is 6.03 Å². The summed E-state index contributed by atoms with van der Waals surface area (Å²) in [6.07, 6.45) is 10.6. The molecule has 4 bridgehead atoms. The van der Waals surface area contributed by atoms with Gasteiger partial charge in [-0.05, 0) is 74.5 Å². The Kier molecular flexibility index (Phi) is 3.40. The third kappa shape index (κ3) is 2.67. The fourth-order valence-electron chi connectivity index (χ4n) is 5.82. The van der Waals surface area contributed by atoms with Gasteiger partial charge in [0.2, 0.25) is 0 Å². The highest BCUT2D eigenvalue weighted by atomic mass is 16.3. The van der Waals surface area contributed by atoms with Crippen LogP contribution in [0.1, 0.15) is 51.4 Å². The summed E-state index contributed by atoms with van der Waals surface area (Å²) in [4.78, 5) is 14.3. The Balaban J connectivity index is 1.36. The van der Waals surface area contributed by atoms with Crippen molar-refractivity contribution in [3.05, 3.63) is 0 Å². The van der Waals surface area contributed by atoms with E-state index in [9.17, 15) is 4.79 Å². The Morgan fingerprint density at radius 1 is 1.10 bits per heavy atom. The van der Waals surface area contributed by atoms with Crippen LogP contribution in [-0.2, 0) is 0 Å². The number of carbonyl (C=O) groups excluding carboxylic acids is 1. The van der Waals surface area contributed by atoms with E-state index in [1.54, 1.807) is 0 Å². The third-order valence-electron chi connectivity index (χ3n) is 6.37. The number of amides is 2. The predicted molar refractivity (Wildman–Crippen MR) is 80.8 cm³/mol. The molecule has 5 saturated carbocycles. The van der Waals surface area contributed by atoms with Gasteiger partial charge < -0.3 is 15.3 Å². The minimum Gasteiger partial charge on any atom is -0.395 e. The summed E-state index contributed by atoms with van der Waals surface area (Å²) in [7, 11) is 0. The molecule has 0 aliphatic heterocycles. The van der Waals surface area contributed by atoms with Gasteiger partial charge in [0, 0.05) is 19.1 Å². The Hall–Kier alpha value is -0.770. The molecular formula is C17H28N2O2. The Bertz CT molecular complexity index is 384. The average Bonchev–Trinajstić information content (AvgIpc) is 3.25. The zero-order chi connectivity index (χ0) is 14.4. The van der Waals surface area contributed by atoms with Crippen LogP contribution in [0, 0.1) is 23.2 Å². The number of carbonyl (C=O) groups is 1. The minimum absolute atomic E-state index is 0.0577. The van der Waals surface area contributed by atoms with Gasteiger partial charge in [0.1, 0.15) is 0 Å². The van der Waals surface area contributed by atoms with Crippen LogP contribution in [0.4, 0.5) is 4.79 Å². The lowest BCUT2D eigenvalue weighted by Gasteiger charge is -2.57. The van der Waals surface area contributed by atoms with E-state index in [1.807, 2.05) is 4.90 Å². The lowest BCUT2D eigenvalue weighted by Crippen LogP contribution is -2.53. The number of nitrogens with one attached hydrogen (secondary N) is 1. The first-order chi connectivity index (χ1) is 10.2. The van der Waals surface area contributed by atoms with Gasteiger partial charge in [0.25, 0.3) is 0 Å². The van der Waals surface area contributed by atoms with E-state index in [0.29, 0.717) is 18.0 Å². The maximum absolute atomic E-state index is 12.4. The van der Waals surface area contributed by atoms with E-state index < -0.39 is 0 Å². The largest absolute Gasteiger partial charge is 0.395 e. The van der Waals surface area contributed by atoms with Crippen LogP contribution in [0.3, 0.4) is 0 Å². The summed E-state index contributed by atoms with van der Waals surface area (Å²) in [5.74, 6) is 2.81. The van der Waals surface area contributed by atoms with E-state index in [-0.39, 0.29) is 12.6 Å². The molecule has 118 valence electrons. The molecule has 2 amide bonds. The molecule has 21 heavy (non-hydrogen) atoms. The van der Waals surface area contributed by atoms with Crippen molar-refractivity contribution in [3.8, 4) is 0 Å². The highest BCUT2D eigenvalue weighted by Gasteiger charge is 2.50. The molecule has 0 saturated heterocycles. The minimum atomic E-state index is 0.0577. The smallest absolute Gasteiger partial charge is 0.317 e. The number of rotatable bonds is 5. The van der Waals surface area contributed by atoms with Crippen LogP contribution >= 0.6 is 0 Å². The van der Waals surface area contributed by atoms with Gasteiger partial charge in [0.05, 0.1) is 6.61 Å². The van der Waals surface area contributed by atoms with E-state index in [2.05, 4.69) is 5.32 Å². The summed E-state index contributed by atoms with van der Waals surface area (Å²) in [6.45, 7) is 1.42. The van der Waals surface area contributed by atoms with E-state index in [4.69, 9.17) is 5.11 Å². The highest BCUT2D eigenvalue weighted by Crippen LogP contribution is 2.59.